The third-order valence-electron chi connectivity index (χ3n) is 9.05. The molecule has 6 N–H and O–H groups in total. The Morgan fingerprint density at radius 1 is 1.19 bits per heavy atom. The Hall–Kier alpha value is -3.62. The van der Waals surface area contributed by atoms with Gasteiger partial charge in [0, 0.05) is 28.7 Å². The number of carbonyl (C=O) groups is 3. The summed E-state index contributed by atoms with van der Waals surface area (Å²) < 4.78 is 45.9. The van der Waals surface area contributed by atoms with Crippen molar-refractivity contribution >= 4 is 23.2 Å². The number of ether oxygens (including phenoxy) is 1. The zero-order valence-electron chi connectivity index (χ0n) is 23.2. The fraction of sp³-hybridized carbons (Fsp3) is 0.536. The van der Waals surface area contributed by atoms with E-state index in [1.54, 1.807) is 7.05 Å². The molecule has 1 unspecified atom stereocenters. The number of rotatable bonds is 4. The van der Waals surface area contributed by atoms with Crippen LogP contribution in [0.15, 0.2) is 23.0 Å². The van der Waals surface area contributed by atoms with Crippen molar-refractivity contribution in [1.29, 1.82) is 0 Å². The average molecular weight is 596 g/mol. The van der Waals surface area contributed by atoms with E-state index in [1.807, 2.05) is 4.90 Å². The van der Waals surface area contributed by atoms with E-state index < -0.39 is 93.1 Å². The number of fused-ring (bicyclic) bond motifs is 3. The lowest BCUT2D eigenvalue weighted by atomic mass is 9.57. The number of Topliss-reactive ketones (excluding diaryl/α,β-unsaturated/α-hetero) is 2. The molecule has 1 amide bonds. The van der Waals surface area contributed by atoms with Gasteiger partial charge in [0.1, 0.15) is 28.6 Å². The van der Waals surface area contributed by atoms with Crippen molar-refractivity contribution in [3.63, 3.8) is 0 Å². The molecule has 1 heterocycles. The summed E-state index contributed by atoms with van der Waals surface area (Å²) in [7, 11) is 4.65. The third kappa shape index (κ3) is 4.34. The van der Waals surface area contributed by atoms with E-state index in [0.717, 1.165) is 18.9 Å². The number of benzene rings is 1. The Morgan fingerprint density at radius 3 is 2.43 bits per heavy atom. The minimum atomic E-state index is -5.12. The Morgan fingerprint density at radius 2 is 1.86 bits per heavy atom. The molecule has 5 rings (SSSR count). The van der Waals surface area contributed by atoms with E-state index in [9.17, 15) is 48.0 Å². The summed E-state index contributed by atoms with van der Waals surface area (Å²) in [6.07, 6.45) is -3.64. The van der Waals surface area contributed by atoms with Gasteiger partial charge < -0.3 is 30.9 Å². The van der Waals surface area contributed by atoms with Crippen LogP contribution in [0.3, 0.4) is 0 Å². The van der Waals surface area contributed by atoms with E-state index >= 15 is 0 Å². The van der Waals surface area contributed by atoms with Gasteiger partial charge in [-0.15, -0.1) is 13.2 Å². The number of piperidine rings is 1. The molecule has 1 saturated carbocycles. The van der Waals surface area contributed by atoms with Crippen LogP contribution in [0.5, 0.6) is 11.5 Å². The van der Waals surface area contributed by atoms with Crippen LogP contribution in [-0.2, 0) is 20.8 Å². The molecule has 0 aromatic heterocycles. The van der Waals surface area contributed by atoms with Crippen molar-refractivity contribution in [3.05, 3.63) is 39.7 Å². The highest BCUT2D eigenvalue weighted by molar-refractivity contribution is 6.24. The lowest BCUT2D eigenvalue weighted by Gasteiger charge is -2.50. The Bertz CT molecular complexity index is 1450. The number of phenols is 1. The zero-order valence-corrected chi connectivity index (χ0v) is 23.2. The predicted molar refractivity (Wildman–Crippen MR) is 140 cm³/mol. The number of nitrogens with two attached hydrogens (primary N) is 1. The van der Waals surface area contributed by atoms with Crippen molar-refractivity contribution in [2.75, 3.05) is 27.7 Å². The molecule has 1 aromatic carbocycles. The number of halogens is 3. The van der Waals surface area contributed by atoms with Gasteiger partial charge >= 0.3 is 6.36 Å². The van der Waals surface area contributed by atoms with Crippen LogP contribution in [0.2, 0.25) is 0 Å². The van der Waals surface area contributed by atoms with E-state index in [4.69, 9.17) is 5.73 Å². The fourth-order valence-corrected chi connectivity index (χ4v) is 7.27. The van der Waals surface area contributed by atoms with Gasteiger partial charge in [0.15, 0.2) is 11.4 Å². The largest absolute Gasteiger partial charge is 0.573 e. The summed E-state index contributed by atoms with van der Waals surface area (Å²) in [6.45, 7) is 0.602. The molecular formula is C28H32F3N3O8. The highest BCUT2D eigenvalue weighted by atomic mass is 19.4. The standard InChI is InChI=1S/C28H32F3N3O8/c1-33(2)20-14-9-11-8-13-18(21(36)17(11)24(38)27(14,41)25(39)19(22(20)37)26(32)40)16(35)10-12(23(13)42-28(29,30)31)15-6-4-5-7-34(15)3/h10-11,14-15,20,35-36,39,41H,4-9H2,1-3H3,(H2,32,40)/t11-,14-,15?,20-,27-/m0/s1. The maximum absolute atomic E-state index is 13.9. The van der Waals surface area contributed by atoms with Gasteiger partial charge in [-0.05, 0) is 65.4 Å². The number of ketones is 2. The van der Waals surface area contributed by atoms with E-state index in [0.29, 0.717) is 13.0 Å². The number of hydrogen-bond donors (Lipinski definition) is 5. The topological polar surface area (TPSA) is 174 Å². The van der Waals surface area contributed by atoms with Gasteiger partial charge in [0.05, 0.1) is 11.6 Å². The van der Waals surface area contributed by atoms with Crippen molar-refractivity contribution in [1.82, 2.24) is 9.80 Å². The molecule has 42 heavy (non-hydrogen) atoms. The summed E-state index contributed by atoms with van der Waals surface area (Å²) in [5.74, 6) is -9.27. The van der Waals surface area contributed by atoms with Crippen molar-refractivity contribution in [2.24, 2.45) is 17.6 Å². The number of alkyl halides is 3. The van der Waals surface area contributed by atoms with Crippen LogP contribution in [0.4, 0.5) is 13.2 Å². The molecule has 0 spiro atoms. The first-order valence-electron chi connectivity index (χ1n) is 13.5. The number of amides is 1. The molecule has 1 saturated heterocycles. The first kappa shape index (κ1) is 29.9. The number of primary amides is 1. The minimum absolute atomic E-state index is 0.0753. The smallest absolute Gasteiger partial charge is 0.508 e. The summed E-state index contributed by atoms with van der Waals surface area (Å²) in [6, 6.07) is -0.761. The van der Waals surface area contributed by atoms with Gasteiger partial charge in [-0.25, -0.2) is 0 Å². The minimum Gasteiger partial charge on any atom is -0.508 e. The van der Waals surface area contributed by atoms with E-state index in [2.05, 4.69) is 4.74 Å². The molecule has 2 fully saturated rings. The van der Waals surface area contributed by atoms with Gasteiger partial charge in [-0.1, -0.05) is 6.42 Å². The Kier molecular flexibility index (Phi) is 7.10. The zero-order chi connectivity index (χ0) is 31.0. The second-order valence-electron chi connectivity index (χ2n) is 11.7. The molecular weight excluding hydrogens is 563 g/mol. The molecule has 1 aliphatic heterocycles. The highest BCUT2D eigenvalue weighted by Crippen LogP contribution is 2.55. The Labute approximate surface area is 238 Å². The average Bonchev–Trinajstić information content (AvgIpc) is 2.87. The van der Waals surface area contributed by atoms with Crippen LogP contribution in [0.1, 0.15) is 48.4 Å². The van der Waals surface area contributed by atoms with E-state index in [1.165, 1.54) is 19.0 Å². The lowest BCUT2D eigenvalue weighted by molar-refractivity contribution is -0.275. The maximum atomic E-state index is 13.9. The maximum Gasteiger partial charge on any atom is 0.573 e. The second-order valence-corrected chi connectivity index (χ2v) is 11.7. The predicted octanol–water partition coefficient (Wildman–Crippen LogP) is 2.02. The summed E-state index contributed by atoms with van der Waals surface area (Å²) in [5.41, 5.74) is 0.477. The first-order chi connectivity index (χ1) is 19.5. The molecule has 14 heteroatoms. The number of likely N-dealkylation sites (N-methyl/N-ethyl adjacent to an activating group) is 1. The fourth-order valence-electron chi connectivity index (χ4n) is 7.27. The molecule has 5 atom stereocenters. The normalized spacial score (nSPS) is 30.3. The number of carbonyl (C=O) groups excluding carboxylic acids is 3. The monoisotopic (exact) mass is 595 g/mol. The molecule has 228 valence electrons. The number of likely N-dealkylation sites (tertiary alicyclic amines) is 1. The molecule has 1 aromatic rings. The quantitative estimate of drug-likeness (QED) is 0.324. The summed E-state index contributed by atoms with van der Waals surface area (Å²) in [5, 5.41) is 45.0. The molecule has 4 aliphatic rings. The Balaban J connectivity index is 1.74. The van der Waals surface area contributed by atoms with Crippen LogP contribution in [0.25, 0.3) is 5.76 Å². The van der Waals surface area contributed by atoms with E-state index in [-0.39, 0.29) is 24.0 Å². The third-order valence-corrected chi connectivity index (χ3v) is 9.05. The van der Waals surface area contributed by atoms with Gasteiger partial charge in [0.2, 0.25) is 5.78 Å². The van der Waals surface area contributed by atoms with Gasteiger partial charge in [0.25, 0.3) is 5.91 Å². The number of nitrogens with zero attached hydrogens (tertiary/aromatic N) is 2. The molecule has 3 aliphatic carbocycles. The number of hydrogen-bond acceptors (Lipinski definition) is 10. The summed E-state index contributed by atoms with van der Waals surface area (Å²) in [4.78, 5) is 42.4. The van der Waals surface area contributed by atoms with Crippen LogP contribution < -0.4 is 10.5 Å². The lowest BCUT2D eigenvalue weighted by Crippen LogP contribution is -2.65. The van der Waals surface area contributed by atoms with Crippen LogP contribution in [0, 0.1) is 11.8 Å². The second kappa shape index (κ2) is 9.99. The van der Waals surface area contributed by atoms with Crippen LogP contribution in [-0.4, -0.2) is 93.4 Å². The van der Waals surface area contributed by atoms with Crippen molar-refractivity contribution < 1.29 is 52.7 Å². The number of phenolic OH excluding ortho intramolecular Hbond substituents is 1. The number of aliphatic hydroxyl groups excluding tert-OH is 2. The highest BCUT2D eigenvalue weighted by Gasteiger charge is 2.64. The molecule has 0 bridgehead atoms. The first-order valence-corrected chi connectivity index (χ1v) is 13.5. The van der Waals surface area contributed by atoms with Crippen molar-refractivity contribution in [3.8, 4) is 11.5 Å². The number of aliphatic hydroxyl groups is 3. The van der Waals surface area contributed by atoms with Gasteiger partial charge in [-0.3, -0.25) is 24.2 Å². The van der Waals surface area contributed by atoms with Crippen molar-refractivity contribution in [2.45, 2.75) is 56.2 Å². The summed E-state index contributed by atoms with van der Waals surface area (Å²) >= 11 is 0. The SMILES string of the molecule is CN1CCCCC1c1cc(O)c2c(c1OC(F)(F)F)C[C@H]1C[C@H]3[C@H](N(C)C)C(=O)C(C(N)=O)=C(O)[C@@]3(O)C(=O)C1=C2O. The van der Waals surface area contributed by atoms with Gasteiger partial charge in [-0.2, -0.15) is 0 Å². The molecule has 11 nitrogen and oxygen atoms in total. The molecule has 0 radical (unpaired) electrons. The number of aromatic hydroxyl groups is 1. The van der Waals surface area contributed by atoms with Crippen LogP contribution >= 0.6 is 0 Å².